The van der Waals surface area contributed by atoms with Crippen LogP contribution in [0, 0.1) is 6.92 Å². The average molecular weight is 362 g/mol. The van der Waals surface area contributed by atoms with Crippen molar-refractivity contribution in [3.05, 3.63) is 65.7 Å². The molecule has 27 heavy (non-hydrogen) atoms. The van der Waals surface area contributed by atoms with Crippen molar-refractivity contribution < 1.29 is 9.32 Å². The van der Waals surface area contributed by atoms with E-state index in [4.69, 9.17) is 4.52 Å². The molecule has 1 amide bonds. The Hall–Kier alpha value is -3.15. The molecular weight excluding hydrogens is 340 g/mol. The van der Waals surface area contributed by atoms with E-state index in [2.05, 4.69) is 15.0 Å². The Balaban J connectivity index is 1.36. The standard InChI is InChI=1S/C21H22N4O2/c1-16-7-5-6-10-18(16)15-19(26)24-11-13-25(14-12-24)21-22-20(27-23-21)17-8-3-2-4-9-17/h2-10H,11-15H2,1H3. The number of rotatable bonds is 4. The summed E-state index contributed by atoms with van der Waals surface area (Å²) in [4.78, 5) is 21.1. The van der Waals surface area contributed by atoms with Crippen LogP contribution in [0.5, 0.6) is 0 Å². The minimum atomic E-state index is 0.169. The first-order chi connectivity index (χ1) is 13.2. The summed E-state index contributed by atoms with van der Waals surface area (Å²) in [6.07, 6.45) is 0.451. The van der Waals surface area contributed by atoms with Crippen LogP contribution in [-0.4, -0.2) is 47.1 Å². The third kappa shape index (κ3) is 3.84. The first-order valence-corrected chi connectivity index (χ1v) is 9.17. The quantitative estimate of drug-likeness (QED) is 0.714. The highest BCUT2D eigenvalue weighted by atomic mass is 16.5. The number of aryl methyl sites for hydroxylation is 1. The normalized spacial score (nSPS) is 14.4. The molecule has 3 aromatic rings. The minimum absolute atomic E-state index is 0.169. The van der Waals surface area contributed by atoms with Gasteiger partial charge in [0.05, 0.1) is 6.42 Å². The molecule has 2 aromatic carbocycles. The number of carbonyl (C=O) groups is 1. The molecule has 0 saturated carbocycles. The molecule has 0 atom stereocenters. The van der Waals surface area contributed by atoms with Crippen molar-refractivity contribution in [1.82, 2.24) is 15.0 Å². The van der Waals surface area contributed by atoms with Gasteiger partial charge in [-0.3, -0.25) is 4.79 Å². The second-order valence-electron chi connectivity index (χ2n) is 6.74. The molecule has 0 bridgehead atoms. The van der Waals surface area contributed by atoms with Crippen LogP contribution in [0.15, 0.2) is 59.1 Å². The summed E-state index contributed by atoms with van der Waals surface area (Å²) < 4.78 is 5.39. The van der Waals surface area contributed by atoms with Crippen LogP contribution in [-0.2, 0) is 11.2 Å². The van der Waals surface area contributed by atoms with Crippen LogP contribution in [0.3, 0.4) is 0 Å². The lowest BCUT2D eigenvalue weighted by atomic mass is 10.1. The number of hydrogen-bond acceptors (Lipinski definition) is 5. The van der Waals surface area contributed by atoms with Crippen molar-refractivity contribution in [2.24, 2.45) is 0 Å². The van der Waals surface area contributed by atoms with Gasteiger partial charge in [0.1, 0.15) is 0 Å². The summed E-state index contributed by atoms with van der Waals surface area (Å²) in [5, 5.41) is 4.10. The monoisotopic (exact) mass is 362 g/mol. The summed E-state index contributed by atoms with van der Waals surface area (Å²) >= 11 is 0. The molecular formula is C21H22N4O2. The average Bonchev–Trinajstić information content (AvgIpc) is 3.21. The molecule has 1 aromatic heterocycles. The van der Waals surface area contributed by atoms with Crippen LogP contribution in [0.25, 0.3) is 11.5 Å². The van der Waals surface area contributed by atoms with E-state index < -0.39 is 0 Å². The number of carbonyl (C=O) groups excluding carboxylic acids is 1. The number of aromatic nitrogens is 2. The van der Waals surface area contributed by atoms with Crippen molar-refractivity contribution in [2.75, 3.05) is 31.1 Å². The third-order valence-electron chi connectivity index (χ3n) is 4.95. The van der Waals surface area contributed by atoms with Crippen LogP contribution < -0.4 is 4.90 Å². The molecule has 6 heteroatoms. The van der Waals surface area contributed by atoms with Gasteiger partial charge in [0.15, 0.2) is 0 Å². The van der Waals surface area contributed by atoms with Crippen molar-refractivity contribution >= 4 is 11.9 Å². The van der Waals surface area contributed by atoms with E-state index in [9.17, 15) is 4.79 Å². The highest BCUT2D eigenvalue weighted by molar-refractivity contribution is 5.79. The SMILES string of the molecule is Cc1ccccc1CC(=O)N1CCN(c2noc(-c3ccccc3)n2)CC1. The lowest BCUT2D eigenvalue weighted by Crippen LogP contribution is -2.49. The van der Waals surface area contributed by atoms with E-state index in [0.717, 1.165) is 16.7 Å². The predicted octanol–water partition coefficient (Wildman–Crippen LogP) is 2.94. The molecule has 2 heterocycles. The molecule has 6 nitrogen and oxygen atoms in total. The molecule has 0 aliphatic carbocycles. The molecule has 0 radical (unpaired) electrons. The van der Waals surface area contributed by atoms with E-state index in [1.807, 2.05) is 66.4 Å². The van der Waals surface area contributed by atoms with Gasteiger partial charge < -0.3 is 14.3 Å². The second kappa shape index (κ2) is 7.61. The van der Waals surface area contributed by atoms with Gasteiger partial charge in [0.25, 0.3) is 11.8 Å². The molecule has 1 aliphatic rings. The Bertz CT molecular complexity index is 915. The molecule has 1 saturated heterocycles. The van der Waals surface area contributed by atoms with Crippen LogP contribution in [0.2, 0.25) is 0 Å². The predicted molar refractivity (Wildman–Crippen MR) is 103 cm³/mol. The fraction of sp³-hybridized carbons (Fsp3) is 0.286. The number of anilines is 1. The van der Waals surface area contributed by atoms with Crippen molar-refractivity contribution in [2.45, 2.75) is 13.3 Å². The molecule has 0 N–H and O–H groups in total. The van der Waals surface area contributed by atoms with E-state index >= 15 is 0 Å². The van der Waals surface area contributed by atoms with Crippen molar-refractivity contribution in [3.63, 3.8) is 0 Å². The third-order valence-corrected chi connectivity index (χ3v) is 4.95. The molecule has 1 fully saturated rings. The van der Waals surface area contributed by atoms with Crippen molar-refractivity contribution in [3.8, 4) is 11.5 Å². The number of nitrogens with zero attached hydrogens (tertiary/aromatic N) is 4. The number of amides is 1. The van der Waals surface area contributed by atoms with Gasteiger partial charge in [-0.25, -0.2) is 0 Å². The summed E-state index contributed by atoms with van der Waals surface area (Å²) in [5.41, 5.74) is 3.16. The summed E-state index contributed by atoms with van der Waals surface area (Å²) in [6.45, 7) is 4.78. The molecule has 1 aliphatic heterocycles. The van der Waals surface area contributed by atoms with Gasteiger partial charge >= 0.3 is 0 Å². The smallest absolute Gasteiger partial charge is 0.266 e. The minimum Gasteiger partial charge on any atom is -0.339 e. The summed E-state index contributed by atoms with van der Waals surface area (Å²) in [6, 6.07) is 17.8. The van der Waals surface area contributed by atoms with Gasteiger partial charge in [0.2, 0.25) is 5.91 Å². The summed E-state index contributed by atoms with van der Waals surface area (Å²) in [7, 11) is 0. The van der Waals surface area contributed by atoms with Gasteiger partial charge in [-0.1, -0.05) is 42.5 Å². The van der Waals surface area contributed by atoms with E-state index in [1.165, 1.54) is 0 Å². The fourth-order valence-electron chi connectivity index (χ4n) is 3.28. The maximum Gasteiger partial charge on any atom is 0.266 e. The first kappa shape index (κ1) is 17.3. The van der Waals surface area contributed by atoms with E-state index in [0.29, 0.717) is 44.4 Å². The highest BCUT2D eigenvalue weighted by Gasteiger charge is 2.24. The maximum atomic E-state index is 12.6. The van der Waals surface area contributed by atoms with E-state index in [1.54, 1.807) is 0 Å². The van der Waals surface area contributed by atoms with Crippen molar-refractivity contribution in [1.29, 1.82) is 0 Å². The molecule has 0 spiro atoms. The second-order valence-corrected chi connectivity index (χ2v) is 6.74. The molecule has 4 rings (SSSR count). The maximum absolute atomic E-state index is 12.6. The van der Waals surface area contributed by atoms with E-state index in [-0.39, 0.29) is 5.91 Å². The van der Waals surface area contributed by atoms with Gasteiger partial charge in [0, 0.05) is 31.7 Å². The Morgan fingerprint density at radius 2 is 1.70 bits per heavy atom. The number of piperazine rings is 1. The Labute approximate surface area is 158 Å². The van der Waals surface area contributed by atoms with Crippen LogP contribution >= 0.6 is 0 Å². The van der Waals surface area contributed by atoms with Gasteiger partial charge in [-0.2, -0.15) is 4.98 Å². The number of benzene rings is 2. The zero-order chi connectivity index (χ0) is 18.6. The molecule has 138 valence electrons. The van der Waals surface area contributed by atoms with Crippen LogP contribution in [0.4, 0.5) is 5.95 Å². The van der Waals surface area contributed by atoms with Gasteiger partial charge in [-0.15, -0.1) is 0 Å². The van der Waals surface area contributed by atoms with Gasteiger partial charge in [-0.05, 0) is 35.3 Å². The lowest BCUT2D eigenvalue weighted by molar-refractivity contribution is -0.130. The summed E-state index contributed by atoms with van der Waals surface area (Å²) in [5.74, 6) is 1.27. The largest absolute Gasteiger partial charge is 0.339 e. The fourth-order valence-corrected chi connectivity index (χ4v) is 3.28. The number of hydrogen-bond donors (Lipinski definition) is 0. The lowest BCUT2D eigenvalue weighted by Gasteiger charge is -2.34. The Kier molecular flexibility index (Phi) is 4.87. The van der Waals surface area contributed by atoms with Crippen LogP contribution in [0.1, 0.15) is 11.1 Å². The highest BCUT2D eigenvalue weighted by Crippen LogP contribution is 2.21. The Morgan fingerprint density at radius 1 is 1.00 bits per heavy atom. The topological polar surface area (TPSA) is 62.5 Å². The molecule has 0 unspecified atom stereocenters. The zero-order valence-corrected chi connectivity index (χ0v) is 15.3. The first-order valence-electron chi connectivity index (χ1n) is 9.17. The Morgan fingerprint density at radius 3 is 2.44 bits per heavy atom. The zero-order valence-electron chi connectivity index (χ0n) is 15.3.